The minimum absolute atomic E-state index is 0. The predicted octanol–water partition coefficient (Wildman–Crippen LogP) is -1.13. The van der Waals surface area contributed by atoms with Gasteiger partial charge in [0.2, 0.25) is 0 Å². The molecule has 0 spiro atoms. The van der Waals surface area contributed by atoms with Gasteiger partial charge in [0.05, 0.1) is 0 Å². The minimum atomic E-state index is 0. The van der Waals surface area contributed by atoms with E-state index in [1.54, 1.807) is 0 Å². The van der Waals surface area contributed by atoms with Crippen LogP contribution >= 0.6 is 9.90 Å². The summed E-state index contributed by atoms with van der Waals surface area (Å²) in [6, 6.07) is 0. The van der Waals surface area contributed by atoms with Gasteiger partial charge in [-0.15, -0.1) is 0 Å². The van der Waals surface area contributed by atoms with E-state index in [1.165, 1.54) is 0 Å². The standard InChI is InChI=1S/Al.Fe.Ni.H3P.3H/h;;;1H3;;;. The van der Waals surface area contributed by atoms with Crippen molar-refractivity contribution in [2.45, 2.75) is 0 Å². The van der Waals surface area contributed by atoms with Gasteiger partial charge in [-0.2, -0.15) is 9.90 Å². The molecule has 1 unspecified atom stereocenters. The van der Waals surface area contributed by atoms with Crippen molar-refractivity contribution in [1.82, 2.24) is 0 Å². The van der Waals surface area contributed by atoms with Gasteiger partial charge in [-0.25, -0.2) is 0 Å². The molecule has 0 radical (unpaired) electrons. The fourth-order valence-corrected chi connectivity index (χ4v) is 0. The molecule has 0 rings (SSSR count). The topological polar surface area (TPSA) is 0 Å². The first-order valence-corrected chi connectivity index (χ1v) is 0. The van der Waals surface area contributed by atoms with Crippen LogP contribution in [0.5, 0.6) is 0 Å². The maximum atomic E-state index is 0. The van der Waals surface area contributed by atoms with Crippen LogP contribution in [-0.4, -0.2) is 17.4 Å². The zero-order valence-corrected chi connectivity index (χ0v) is 4.88. The average Bonchev–Trinajstić information content (AvgIpc) is 0. The molecule has 0 aliphatic carbocycles. The van der Waals surface area contributed by atoms with E-state index in [1.807, 2.05) is 0 Å². The van der Waals surface area contributed by atoms with Crippen LogP contribution in [0, 0.1) is 0 Å². The average molecular weight is 179 g/mol. The van der Waals surface area contributed by atoms with Gasteiger partial charge < -0.3 is 0 Å². The van der Waals surface area contributed by atoms with E-state index in [4.69, 9.17) is 0 Å². The second-order valence-electron chi connectivity index (χ2n) is 0. The molecule has 0 aromatic carbocycles. The molecule has 0 fully saturated rings. The summed E-state index contributed by atoms with van der Waals surface area (Å²) in [5.74, 6) is 0. The van der Waals surface area contributed by atoms with Crippen molar-refractivity contribution in [2.24, 2.45) is 0 Å². The Morgan fingerprint density at radius 2 is 1.00 bits per heavy atom. The Bertz CT molecular complexity index is 8.00. The van der Waals surface area contributed by atoms with Crippen LogP contribution < -0.4 is 0 Å². The Labute approximate surface area is 60.6 Å². The molecular weight excluding hydrogens is 172 g/mol. The van der Waals surface area contributed by atoms with E-state index in [0.29, 0.717) is 0 Å². The minimum Gasteiger partial charge on any atom is -0.153 e. The molecule has 0 amide bonds. The van der Waals surface area contributed by atoms with Crippen LogP contribution in [0.15, 0.2) is 0 Å². The molecule has 0 aromatic heterocycles. The summed E-state index contributed by atoms with van der Waals surface area (Å²) < 4.78 is 0. The van der Waals surface area contributed by atoms with Gasteiger partial charge in [0.1, 0.15) is 0 Å². The second kappa shape index (κ2) is 20.1. The van der Waals surface area contributed by atoms with Gasteiger partial charge in [-0.3, -0.25) is 0 Å². The molecule has 4 heavy (non-hydrogen) atoms. The number of rotatable bonds is 0. The predicted molar refractivity (Wildman–Crippen MR) is 21.0 cm³/mol. The fourth-order valence-electron chi connectivity index (χ4n) is 0. The first kappa shape index (κ1) is 37.9. The van der Waals surface area contributed by atoms with E-state index in [0.717, 1.165) is 0 Å². The van der Waals surface area contributed by atoms with Crippen molar-refractivity contribution < 1.29 is 33.6 Å². The summed E-state index contributed by atoms with van der Waals surface area (Å²) in [5.41, 5.74) is 0. The van der Waals surface area contributed by atoms with Gasteiger partial charge >= 0.3 is 0 Å². The first-order valence-electron chi connectivity index (χ1n) is 0. The van der Waals surface area contributed by atoms with Crippen LogP contribution in [0.3, 0.4) is 0 Å². The number of hydrogen-bond donors (Lipinski definition) is 0. The second-order valence-corrected chi connectivity index (χ2v) is 0. The van der Waals surface area contributed by atoms with E-state index in [2.05, 4.69) is 0 Å². The SMILES string of the molecule is P.[AlH3].[Fe].[Ni]. The molecule has 0 aliphatic rings. The van der Waals surface area contributed by atoms with Gasteiger partial charge in [-0.05, 0) is 0 Å². The summed E-state index contributed by atoms with van der Waals surface area (Å²) >= 11 is 0. The van der Waals surface area contributed by atoms with E-state index >= 15 is 0 Å². The van der Waals surface area contributed by atoms with E-state index < -0.39 is 0 Å². The molecular formula is H6AlFeNiP. The van der Waals surface area contributed by atoms with Gasteiger partial charge in [0, 0.05) is 33.6 Å². The Morgan fingerprint density at radius 3 is 1.00 bits per heavy atom. The van der Waals surface area contributed by atoms with Crippen molar-refractivity contribution in [3.05, 3.63) is 0 Å². The third kappa shape index (κ3) is 9.02. The molecule has 0 bridgehead atoms. The smallest absolute Gasteiger partial charge is 0.153 e. The summed E-state index contributed by atoms with van der Waals surface area (Å²) in [4.78, 5) is 0. The van der Waals surface area contributed by atoms with Crippen molar-refractivity contribution in [2.75, 3.05) is 0 Å². The van der Waals surface area contributed by atoms with Gasteiger partial charge in [-0.1, -0.05) is 0 Å². The molecule has 0 saturated heterocycles. The summed E-state index contributed by atoms with van der Waals surface area (Å²) in [7, 11) is 0. The molecule has 0 aliphatic heterocycles. The Hall–Kier alpha value is 1.98. The van der Waals surface area contributed by atoms with Crippen molar-refractivity contribution in [3.63, 3.8) is 0 Å². The molecule has 0 nitrogen and oxygen atoms in total. The summed E-state index contributed by atoms with van der Waals surface area (Å²) in [5, 5.41) is 0. The zero-order valence-electron chi connectivity index (χ0n) is 1.38. The Kier molecular flexibility index (Phi) is 191. The third-order valence-electron chi connectivity index (χ3n) is 0. The normalized spacial score (nSPS) is 0. The zero-order chi connectivity index (χ0) is 0. The summed E-state index contributed by atoms with van der Waals surface area (Å²) in [6.45, 7) is 0. The quantitative estimate of drug-likeness (QED) is 0.325. The Morgan fingerprint density at radius 1 is 1.00 bits per heavy atom. The fraction of sp³-hybridized carbons (Fsp3) is 0. The molecule has 32 valence electrons. The van der Waals surface area contributed by atoms with Crippen LogP contribution in [0.2, 0.25) is 0 Å². The molecule has 0 saturated carbocycles. The maximum absolute atomic E-state index is 0. The third-order valence-corrected chi connectivity index (χ3v) is 0. The van der Waals surface area contributed by atoms with Crippen molar-refractivity contribution in [3.8, 4) is 0 Å². The molecule has 0 heterocycles. The molecule has 4 heteroatoms. The first-order chi connectivity index (χ1) is 0. The largest absolute Gasteiger partial charge is 0.187 e. The summed E-state index contributed by atoms with van der Waals surface area (Å²) in [6.07, 6.45) is 0. The van der Waals surface area contributed by atoms with E-state index in [9.17, 15) is 0 Å². The van der Waals surface area contributed by atoms with E-state index in [-0.39, 0.29) is 60.8 Å². The van der Waals surface area contributed by atoms with Crippen LogP contribution in [0.4, 0.5) is 0 Å². The maximum Gasteiger partial charge on any atom is 0.187 e. The van der Waals surface area contributed by atoms with Gasteiger partial charge in [0.15, 0.2) is 17.4 Å². The monoisotopic (exact) mass is 178 g/mol. The molecule has 0 aromatic rings. The van der Waals surface area contributed by atoms with Crippen molar-refractivity contribution in [1.29, 1.82) is 0 Å². The number of hydrogen-bond acceptors (Lipinski definition) is 0. The Balaban J connectivity index is 0. The van der Waals surface area contributed by atoms with Crippen LogP contribution in [0.1, 0.15) is 0 Å². The van der Waals surface area contributed by atoms with Crippen LogP contribution in [0.25, 0.3) is 0 Å². The van der Waals surface area contributed by atoms with Crippen molar-refractivity contribution >= 4 is 27.3 Å². The molecule has 1 atom stereocenters. The van der Waals surface area contributed by atoms with Gasteiger partial charge in [0.25, 0.3) is 0 Å². The molecule has 0 N–H and O–H groups in total. The van der Waals surface area contributed by atoms with Crippen LogP contribution in [-0.2, 0) is 33.6 Å².